The fraction of sp³-hybridized carbons (Fsp3) is 0.450. The quantitative estimate of drug-likeness (QED) is 0.594. The molecule has 0 spiro atoms. The molecule has 0 radical (unpaired) electrons. The summed E-state index contributed by atoms with van der Waals surface area (Å²) >= 11 is 1.56. The van der Waals surface area contributed by atoms with Gasteiger partial charge >= 0.3 is 0 Å². The van der Waals surface area contributed by atoms with Gasteiger partial charge in [-0.15, -0.1) is 12.4 Å². The van der Waals surface area contributed by atoms with Crippen LogP contribution in [0, 0.1) is 13.8 Å². The van der Waals surface area contributed by atoms with Crippen LogP contribution in [0.5, 0.6) is 0 Å². The van der Waals surface area contributed by atoms with Crippen molar-refractivity contribution >= 4 is 45.0 Å². The minimum absolute atomic E-state index is 0. The number of hydrogen-bond acceptors (Lipinski definition) is 5. The lowest BCUT2D eigenvalue weighted by Crippen LogP contribution is -2.38. The molecule has 1 aromatic carbocycles. The third kappa shape index (κ3) is 4.54. The van der Waals surface area contributed by atoms with Gasteiger partial charge in [0.15, 0.2) is 5.13 Å². The van der Waals surface area contributed by atoms with Gasteiger partial charge in [-0.05, 0) is 59.5 Å². The fourth-order valence-corrected chi connectivity index (χ4v) is 4.05. The van der Waals surface area contributed by atoms with Crippen LogP contribution in [0.1, 0.15) is 41.6 Å². The van der Waals surface area contributed by atoms with Crippen LogP contribution in [0.15, 0.2) is 24.3 Å². The van der Waals surface area contributed by atoms with E-state index in [4.69, 9.17) is 4.98 Å². The van der Waals surface area contributed by atoms with Gasteiger partial charge in [-0.3, -0.25) is 14.4 Å². The minimum Gasteiger partial charge on any atom is -0.308 e. The first kappa shape index (κ1) is 22.3. The van der Waals surface area contributed by atoms with Gasteiger partial charge in [-0.1, -0.05) is 23.5 Å². The van der Waals surface area contributed by atoms with Gasteiger partial charge in [0.2, 0.25) is 0 Å². The zero-order valence-electron chi connectivity index (χ0n) is 17.3. The summed E-state index contributed by atoms with van der Waals surface area (Å²) in [5, 5.41) is 5.24. The molecule has 0 aliphatic rings. The van der Waals surface area contributed by atoms with Crippen molar-refractivity contribution in [1.29, 1.82) is 0 Å². The second-order valence-electron chi connectivity index (χ2n) is 7.39. The molecule has 0 aliphatic heterocycles. The standard InChI is InChI=1S/C20H27N5OS.ClH/c1-13(2)25-16(12-15(4)22-25)19(26)24(11-10-23(5)6)20-21-18-14(3)8-7-9-17(18)27-20;/h7-9,12-13H,10-11H2,1-6H3;1H. The Morgan fingerprint density at radius 1 is 1.21 bits per heavy atom. The Kier molecular flexibility index (Phi) is 7.20. The number of thiazole rings is 1. The van der Waals surface area contributed by atoms with Crippen LogP contribution in [0.4, 0.5) is 5.13 Å². The number of benzene rings is 1. The van der Waals surface area contributed by atoms with E-state index in [1.807, 2.05) is 47.0 Å². The summed E-state index contributed by atoms with van der Waals surface area (Å²) in [6, 6.07) is 8.12. The predicted molar refractivity (Wildman–Crippen MR) is 119 cm³/mol. The largest absolute Gasteiger partial charge is 0.308 e. The lowest BCUT2D eigenvalue weighted by atomic mass is 10.2. The predicted octanol–water partition coefficient (Wildman–Crippen LogP) is 4.32. The van der Waals surface area contributed by atoms with Crippen molar-refractivity contribution < 1.29 is 4.79 Å². The Morgan fingerprint density at radius 2 is 1.93 bits per heavy atom. The molecule has 2 aromatic heterocycles. The van der Waals surface area contributed by atoms with Crippen LogP contribution >= 0.6 is 23.7 Å². The third-order valence-electron chi connectivity index (χ3n) is 4.42. The SMILES string of the molecule is Cc1cc(C(=O)N(CCN(C)C)c2nc3c(C)cccc3s2)n(C(C)C)n1.Cl. The highest BCUT2D eigenvalue weighted by Gasteiger charge is 2.26. The lowest BCUT2D eigenvalue weighted by molar-refractivity contribution is 0.0973. The maximum absolute atomic E-state index is 13.5. The number of aryl methyl sites for hydroxylation is 2. The zero-order valence-corrected chi connectivity index (χ0v) is 18.9. The summed E-state index contributed by atoms with van der Waals surface area (Å²) in [5.74, 6) is -0.0529. The van der Waals surface area contributed by atoms with Crippen molar-refractivity contribution in [2.24, 2.45) is 0 Å². The lowest BCUT2D eigenvalue weighted by Gasteiger charge is -2.22. The maximum atomic E-state index is 13.5. The van der Waals surface area contributed by atoms with Gasteiger partial charge in [-0.2, -0.15) is 5.10 Å². The van der Waals surface area contributed by atoms with E-state index >= 15 is 0 Å². The first-order chi connectivity index (χ1) is 12.8. The Morgan fingerprint density at radius 3 is 2.54 bits per heavy atom. The molecule has 0 bridgehead atoms. The van der Waals surface area contributed by atoms with E-state index in [1.54, 1.807) is 20.9 Å². The molecule has 1 amide bonds. The minimum atomic E-state index is -0.0529. The van der Waals surface area contributed by atoms with Crippen LogP contribution in [-0.4, -0.2) is 52.8 Å². The smallest absolute Gasteiger partial charge is 0.278 e. The van der Waals surface area contributed by atoms with Crippen molar-refractivity contribution in [1.82, 2.24) is 19.7 Å². The van der Waals surface area contributed by atoms with E-state index in [0.29, 0.717) is 12.2 Å². The molecule has 3 rings (SSSR count). The van der Waals surface area contributed by atoms with Gasteiger partial charge < -0.3 is 4.90 Å². The number of carbonyl (C=O) groups excluding carboxylic acids is 1. The highest BCUT2D eigenvalue weighted by molar-refractivity contribution is 7.22. The summed E-state index contributed by atoms with van der Waals surface area (Å²) in [6.45, 7) is 9.38. The molecule has 0 aliphatic carbocycles. The van der Waals surface area contributed by atoms with Gasteiger partial charge in [0.05, 0.1) is 15.9 Å². The summed E-state index contributed by atoms with van der Waals surface area (Å²) in [4.78, 5) is 22.1. The summed E-state index contributed by atoms with van der Waals surface area (Å²) in [7, 11) is 4.02. The Labute approximate surface area is 176 Å². The van der Waals surface area contributed by atoms with E-state index in [0.717, 1.165) is 33.2 Å². The molecule has 28 heavy (non-hydrogen) atoms. The second-order valence-corrected chi connectivity index (χ2v) is 8.40. The first-order valence-electron chi connectivity index (χ1n) is 9.17. The average molecular weight is 422 g/mol. The summed E-state index contributed by atoms with van der Waals surface area (Å²) < 4.78 is 2.90. The van der Waals surface area contributed by atoms with Crippen molar-refractivity contribution in [3.63, 3.8) is 0 Å². The summed E-state index contributed by atoms with van der Waals surface area (Å²) in [5.41, 5.74) is 3.55. The maximum Gasteiger partial charge on any atom is 0.278 e. The average Bonchev–Trinajstić information content (AvgIpc) is 3.19. The second kappa shape index (κ2) is 9.03. The van der Waals surface area contributed by atoms with Crippen LogP contribution in [0.3, 0.4) is 0 Å². The number of amides is 1. The van der Waals surface area contributed by atoms with Crippen LogP contribution in [0.25, 0.3) is 10.2 Å². The molecule has 0 saturated heterocycles. The van der Waals surface area contributed by atoms with Gasteiger partial charge in [0.25, 0.3) is 5.91 Å². The molecule has 8 heteroatoms. The van der Waals surface area contributed by atoms with Crippen LogP contribution in [-0.2, 0) is 0 Å². The fourth-order valence-electron chi connectivity index (χ4n) is 2.98. The normalized spacial score (nSPS) is 11.3. The van der Waals surface area contributed by atoms with E-state index in [-0.39, 0.29) is 24.4 Å². The van der Waals surface area contributed by atoms with Crippen molar-refractivity contribution in [3.05, 3.63) is 41.2 Å². The van der Waals surface area contributed by atoms with E-state index in [9.17, 15) is 4.79 Å². The molecule has 6 nitrogen and oxygen atoms in total. The highest BCUT2D eigenvalue weighted by Crippen LogP contribution is 2.31. The first-order valence-corrected chi connectivity index (χ1v) is 9.98. The number of para-hydroxylation sites is 1. The Bertz CT molecular complexity index is 963. The molecular weight excluding hydrogens is 394 g/mol. The molecule has 0 fully saturated rings. The number of halogens is 1. The molecule has 3 aromatic rings. The van der Waals surface area contributed by atoms with Gasteiger partial charge in [0, 0.05) is 19.1 Å². The van der Waals surface area contributed by atoms with E-state index in [2.05, 4.69) is 29.1 Å². The monoisotopic (exact) mass is 421 g/mol. The number of hydrogen-bond donors (Lipinski definition) is 0. The topological polar surface area (TPSA) is 54.3 Å². The van der Waals surface area contributed by atoms with Crippen molar-refractivity contribution in [2.75, 3.05) is 32.1 Å². The molecular formula is C20H28ClN5OS. The van der Waals surface area contributed by atoms with Gasteiger partial charge in [0.1, 0.15) is 5.69 Å². The van der Waals surface area contributed by atoms with Gasteiger partial charge in [-0.25, -0.2) is 4.98 Å². The number of fused-ring (bicyclic) bond motifs is 1. The van der Waals surface area contributed by atoms with Crippen molar-refractivity contribution in [2.45, 2.75) is 33.7 Å². The molecule has 2 heterocycles. The molecule has 0 unspecified atom stereocenters. The van der Waals surface area contributed by atoms with Crippen LogP contribution < -0.4 is 4.90 Å². The van der Waals surface area contributed by atoms with Crippen molar-refractivity contribution in [3.8, 4) is 0 Å². The zero-order chi connectivity index (χ0) is 19.7. The molecule has 0 N–H and O–H groups in total. The number of anilines is 1. The van der Waals surface area contributed by atoms with E-state index in [1.165, 1.54) is 0 Å². The number of carbonyl (C=O) groups is 1. The third-order valence-corrected chi connectivity index (χ3v) is 5.47. The summed E-state index contributed by atoms with van der Waals surface area (Å²) in [6.07, 6.45) is 0. The number of nitrogens with zero attached hydrogens (tertiary/aromatic N) is 5. The Balaban J connectivity index is 0.00000280. The number of aromatic nitrogens is 3. The number of rotatable bonds is 6. The highest BCUT2D eigenvalue weighted by atomic mass is 35.5. The van der Waals surface area contributed by atoms with E-state index < -0.39 is 0 Å². The molecule has 0 atom stereocenters. The molecule has 152 valence electrons. The number of likely N-dealkylation sites (N-methyl/N-ethyl adjacent to an activating group) is 1. The molecule has 0 saturated carbocycles. The van der Waals surface area contributed by atoms with Crippen LogP contribution in [0.2, 0.25) is 0 Å². The Hall–Kier alpha value is -1.96.